The van der Waals surface area contributed by atoms with Crippen molar-refractivity contribution in [2.45, 2.75) is 19.8 Å². The van der Waals surface area contributed by atoms with Crippen LogP contribution in [0, 0.1) is 6.92 Å². The number of ether oxygens (including phenoxy) is 1. The van der Waals surface area contributed by atoms with Crippen LogP contribution < -0.4 is 0 Å². The Morgan fingerprint density at radius 3 is 3.00 bits per heavy atom. The highest BCUT2D eigenvalue weighted by Gasteiger charge is 1.97. The van der Waals surface area contributed by atoms with Gasteiger partial charge in [0.2, 0.25) is 0 Å². The lowest BCUT2D eigenvalue weighted by Crippen LogP contribution is -2.03. The summed E-state index contributed by atoms with van der Waals surface area (Å²) in [6.45, 7) is 3.29. The topological polar surface area (TPSA) is 42.4 Å². The molecule has 0 aliphatic heterocycles. The first kappa shape index (κ1) is 11.1. The molecule has 1 aromatic heterocycles. The van der Waals surface area contributed by atoms with E-state index >= 15 is 0 Å². The summed E-state index contributed by atoms with van der Waals surface area (Å²) >= 11 is 0. The Labute approximate surface area is 84.7 Å². The smallest absolute Gasteiger partial charge is 0.0697 e. The maximum absolute atomic E-state index is 8.49. The van der Waals surface area contributed by atoms with Crippen molar-refractivity contribution in [3.8, 4) is 0 Å². The molecule has 14 heavy (non-hydrogen) atoms. The molecule has 1 aromatic rings. The number of aliphatic hydroxyl groups excluding tert-OH is 1. The van der Waals surface area contributed by atoms with Gasteiger partial charge in [0.1, 0.15) is 0 Å². The van der Waals surface area contributed by atoms with Crippen molar-refractivity contribution in [2.75, 3.05) is 19.8 Å². The van der Waals surface area contributed by atoms with Crippen molar-refractivity contribution in [1.82, 2.24) is 4.98 Å². The number of hydrogen-bond acceptors (Lipinski definition) is 3. The van der Waals surface area contributed by atoms with Crippen LogP contribution in [0.5, 0.6) is 0 Å². The summed E-state index contributed by atoms with van der Waals surface area (Å²) in [4.78, 5) is 4.29. The number of hydrogen-bond donors (Lipinski definition) is 1. The summed E-state index contributed by atoms with van der Waals surface area (Å²) in [5.41, 5.74) is 2.37. The molecule has 0 aromatic carbocycles. The Morgan fingerprint density at radius 2 is 2.29 bits per heavy atom. The van der Waals surface area contributed by atoms with Gasteiger partial charge in [0.25, 0.3) is 0 Å². The minimum absolute atomic E-state index is 0.0998. The largest absolute Gasteiger partial charge is 0.394 e. The van der Waals surface area contributed by atoms with E-state index in [1.165, 1.54) is 5.56 Å². The highest BCUT2D eigenvalue weighted by molar-refractivity contribution is 5.17. The summed E-state index contributed by atoms with van der Waals surface area (Å²) in [5, 5.41) is 8.49. The molecule has 0 aliphatic rings. The van der Waals surface area contributed by atoms with E-state index in [1.807, 2.05) is 12.3 Å². The summed E-state index contributed by atoms with van der Waals surface area (Å²) in [5.74, 6) is 0. The number of pyridine rings is 1. The average Bonchev–Trinajstić information content (AvgIpc) is 2.20. The molecule has 0 saturated heterocycles. The molecule has 1 N–H and O–H groups in total. The van der Waals surface area contributed by atoms with Gasteiger partial charge in [-0.1, -0.05) is 6.07 Å². The second-order valence-corrected chi connectivity index (χ2v) is 3.21. The SMILES string of the molecule is Cc1cccnc1CCCOCCO. The molecular formula is C11H17NO2. The van der Waals surface area contributed by atoms with Crippen LogP contribution in [0.3, 0.4) is 0 Å². The first-order valence-corrected chi connectivity index (χ1v) is 4.93. The van der Waals surface area contributed by atoms with E-state index in [9.17, 15) is 0 Å². The zero-order valence-corrected chi connectivity index (χ0v) is 8.57. The third kappa shape index (κ3) is 3.85. The van der Waals surface area contributed by atoms with E-state index in [2.05, 4.69) is 18.0 Å². The maximum atomic E-state index is 8.49. The molecule has 0 amide bonds. The van der Waals surface area contributed by atoms with Gasteiger partial charge in [0.05, 0.1) is 13.2 Å². The normalized spacial score (nSPS) is 10.4. The molecule has 0 fully saturated rings. The fourth-order valence-electron chi connectivity index (χ4n) is 1.29. The van der Waals surface area contributed by atoms with Crippen LogP contribution in [-0.2, 0) is 11.2 Å². The van der Waals surface area contributed by atoms with Crippen molar-refractivity contribution >= 4 is 0 Å². The minimum Gasteiger partial charge on any atom is -0.394 e. The quantitative estimate of drug-likeness (QED) is 0.696. The molecule has 0 aliphatic carbocycles. The second-order valence-electron chi connectivity index (χ2n) is 3.21. The number of rotatable bonds is 6. The summed E-state index contributed by atoms with van der Waals surface area (Å²) in [7, 11) is 0. The van der Waals surface area contributed by atoms with E-state index < -0.39 is 0 Å². The van der Waals surface area contributed by atoms with Gasteiger partial charge in [-0.05, 0) is 31.4 Å². The molecule has 0 atom stereocenters. The number of aromatic nitrogens is 1. The van der Waals surface area contributed by atoms with Crippen LogP contribution in [0.2, 0.25) is 0 Å². The van der Waals surface area contributed by atoms with Crippen LogP contribution in [-0.4, -0.2) is 29.9 Å². The molecule has 0 radical (unpaired) electrons. The third-order valence-corrected chi connectivity index (χ3v) is 2.06. The van der Waals surface area contributed by atoms with Crippen molar-refractivity contribution in [3.05, 3.63) is 29.6 Å². The van der Waals surface area contributed by atoms with Crippen LogP contribution in [0.1, 0.15) is 17.7 Å². The molecule has 3 heteroatoms. The first-order chi connectivity index (χ1) is 6.84. The van der Waals surface area contributed by atoms with Crippen LogP contribution in [0.4, 0.5) is 0 Å². The molecule has 0 unspecified atom stereocenters. The van der Waals surface area contributed by atoms with E-state index in [4.69, 9.17) is 9.84 Å². The minimum atomic E-state index is 0.0998. The lowest BCUT2D eigenvalue weighted by atomic mass is 10.1. The van der Waals surface area contributed by atoms with Crippen LogP contribution in [0.15, 0.2) is 18.3 Å². The van der Waals surface area contributed by atoms with Crippen molar-refractivity contribution in [1.29, 1.82) is 0 Å². The Morgan fingerprint density at radius 1 is 1.43 bits per heavy atom. The van der Waals surface area contributed by atoms with Crippen LogP contribution >= 0.6 is 0 Å². The number of aliphatic hydroxyl groups is 1. The third-order valence-electron chi connectivity index (χ3n) is 2.06. The van der Waals surface area contributed by atoms with Gasteiger partial charge in [-0.3, -0.25) is 4.98 Å². The fourth-order valence-corrected chi connectivity index (χ4v) is 1.29. The number of aryl methyl sites for hydroxylation is 2. The standard InChI is InChI=1S/C11H17NO2/c1-10-4-2-6-12-11(10)5-3-8-14-9-7-13/h2,4,6,13H,3,5,7-9H2,1H3. The Hall–Kier alpha value is -0.930. The summed E-state index contributed by atoms with van der Waals surface area (Å²) in [6.07, 6.45) is 3.72. The Balaban J connectivity index is 2.21. The fraction of sp³-hybridized carbons (Fsp3) is 0.545. The lowest BCUT2D eigenvalue weighted by Gasteiger charge is -2.04. The molecule has 78 valence electrons. The molecule has 0 saturated carbocycles. The number of nitrogens with zero attached hydrogens (tertiary/aromatic N) is 1. The zero-order chi connectivity index (χ0) is 10.2. The van der Waals surface area contributed by atoms with Gasteiger partial charge in [0, 0.05) is 18.5 Å². The monoisotopic (exact) mass is 195 g/mol. The second kappa shape index (κ2) is 6.51. The van der Waals surface area contributed by atoms with Gasteiger partial charge in [-0.15, -0.1) is 0 Å². The van der Waals surface area contributed by atoms with Gasteiger partial charge in [-0.2, -0.15) is 0 Å². The van der Waals surface area contributed by atoms with Gasteiger partial charge in [0.15, 0.2) is 0 Å². The highest BCUT2D eigenvalue weighted by Crippen LogP contribution is 2.05. The zero-order valence-electron chi connectivity index (χ0n) is 8.57. The lowest BCUT2D eigenvalue weighted by molar-refractivity contribution is 0.0907. The molecule has 0 bridgehead atoms. The molecule has 1 rings (SSSR count). The van der Waals surface area contributed by atoms with E-state index in [0.717, 1.165) is 18.5 Å². The molecule has 0 spiro atoms. The van der Waals surface area contributed by atoms with E-state index in [1.54, 1.807) is 0 Å². The highest BCUT2D eigenvalue weighted by atomic mass is 16.5. The van der Waals surface area contributed by atoms with Gasteiger partial charge < -0.3 is 9.84 Å². The van der Waals surface area contributed by atoms with E-state index in [-0.39, 0.29) is 6.61 Å². The van der Waals surface area contributed by atoms with Crippen molar-refractivity contribution < 1.29 is 9.84 Å². The van der Waals surface area contributed by atoms with E-state index in [0.29, 0.717) is 13.2 Å². The predicted molar refractivity (Wildman–Crippen MR) is 55.2 cm³/mol. The maximum Gasteiger partial charge on any atom is 0.0697 e. The first-order valence-electron chi connectivity index (χ1n) is 4.93. The van der Waals surface area contributed by atoms with Crippen LogP contribution in [0.25, 0.3) is 0 Å². The van der Waals surface area contributed by atoms with Crippen molar-refractivity contribution in [2.24, 2.45) is 0 Å². The summed E-state index contributed by atoms with van der Waals surface area (Å²) < 4.78 is 5.17. The summed E-state index contributed by atoms with van der Waals surface area (Å²) in [6, 6.07) is 4.01. The Bertz CT molecular complexity index is 263. The van der Waals surface area contributed by atoms with Crippen molar-refractivity contribution in [3.63, 3.8) is 0 Å². The average molecular weight is 195 g/mol. The van der Waals surface area contributed by atoms with Gasteiger partial charge in [-0.25, -0.2) is 0 Å². The molecular weight excluding hydrogens is 178 g/mol. The molecule has 3 nitrogen and oxygen atoms in total. The van der Waals surface area contributed by atoms with Gasteiger partial charge >= 0.3 is 0 Å². The predicted octanol–water partition coefficient (Wildman–Crippen LogP) is 1.33. The molecule has 1 heterocycles. The Kier molecular flexibility index (Phi) is 5.19.